The summed E-state index contributed by atoms with van der Waals surface area (Å²) in [5, 5.41) is 3.90. The summed E-state index contributed by atoms with van der Waals surface area (Å²) in [6.07, 6.45) is 0. The summed E-state index contributed by atoms with van der Waals surface area (Å²) in [5.41, 5.74) is 10.8. The first-order valence-corrected chi connectivity index (χ1v) is 6.52. The number of halogens is 1. The van der Waals surface area contributed by atoms with E-state index in [1.165, 1.54) is 0 Å². The van der Waals surface area contributed by atoms with Crippen molar-refractivity contribution in [3.8, 4) is 0 Å². The van der Waals surface area contributed by atoms with Crippen molar-refractivity contribution >= 4 is 15.9 Å². The SMILES string of the molecule is [N-]=[N+]=NC(c1ccccc1)C(Br)c1ccccc1. The Morgan fingerprint density at radius 1 is 0.889 bits per heavy atom. The lowest BCUT2D eigenvalue weighted by atomic mass is 9.99. The van der Waals surface area contributed by atoms with E-state index in [2.05, 4.69) is 26.0 Å². The third kappa shape index (κ3) is 2.92. The zero-order chi connectivity index (χ0) is 12.8. The lowest BCUT2D eigenvalue weighted by Crippen LogP contribution is -2.02. The van der Waals surface area contributed by atoms with Crippen LogP contribution in [0.15, 0.2) is 65.8 Å². The van der Waals surface area contributed by atoms with Crippen LogP contribution in [0.25, 0.3) is 10.4 Å². The maximum absolute atomic E-state index is 8.73. The van der Waals surface area contributed by atoms with E-state index in [0.717, 1.165) is 11.1 Å². The number of rotatable bonds is 4. The van der Waals surface area contributed by atoms with Gasteiger partial charge in [-0.3, -0.25) is 0 Å². The first-order valence-electron chi connectivity index (χ1n) is 5.61. The molecule has 4 heteroatoms. The number of hydrogen-bond donors (Lipinski definition) is 0. The summed E-state index contributed by atoms with van der Waals surface area (Å²) >= 11 is 3.63. The smallest absolute Gasteiger partial charge is 0.0791 e. The Morgan fingerprint density at radius 2 is 1.39 bits per heavy atom. The average Bonchev–Trinajstić information content (AvgIpc) is 2.46. The normalized spacial score (nSPS) is 13.4. The van der Waals surface area contributed by atoms with Gasteiger partial charge in [0.15, 0.2) is 0 Å². The maximum Gasteiger partial charge on any atom is 0.0791 e. The summed E-state index contributed by atoms with van der Waals surface area (Å²) in [6, 6.07) is 19.5. The fraction of sp³-hybridized carbons (Fsp3) is 0.143. The van der Waals surface area contributed by atoms with Gasteiger partial charge in [0, 0.05) is 4.91 Å². The van der Waals surface area contributed by atoms with E-state index in [9.17, 15) is 0 Å². The molecular weight excluding hydrogens is 290 g/mol. The predicted octanol–water partition coefficient (Wildman–Crippen LogP) is 5.17. The molecule has 18 heavy (non-hydrogen) atoms. The molecule has 2 atom stereocenters. The van der Waals surface area contributed by atoms with Crippen LogP contribution in [0.5, 0.6) is 0 Å². The van der Waals surface area contributed by atoms with Crippen molar-refractivity contribution in [3.63, 3.8) is 0 Å². The van der Waals surface area contributed by atoms with Gasteiger partial charge < -0.3 is 0 Å². The van der Waals surface area contributed by atoms with Crippen LogP contribution in [0.1, 0.15) is 22.0 Å². The van der Waals surface area contributed by atoms with Crippen LogP contribution in [0.2, 0.25) is 0 Å². The largest absolute Gasteiger partial charge is 0.0844 e. The molecule has 90 valence electrons. The Balaban J connectivity index is 2.35. The minimum atomic E-state index is -0.251. The highest BCUT2D eigenvalue weighted by Crippen LogP contribution is 2.38. The highest BCUT2D eigenvalue weighted by Gasteiger charge is 2.20. The molecule has 0 aliphatic rings. The third-order valence-electron chi connectivity index (χ3n) is 2.71. The van der Waals surface area contributed by atoms with Crippen molar-refractivity contribution < 1.29 is 0 Å². The third-order valence-corrected chi connectivity index (χ3v) is 3.74. The molecule has 0 saturated heterocycles. The van der Waals surface area contributed by atoms with Crippen LogP contribution in [0, 0.1) is 0 Å². The molecule has 0 spiro atoms. The van der Waals surface area contributed by atoms with Gasteiger partial charge in [0.05, 0.1) is 10.9 Å². The Morgan fingerprint density at radius 3 is 1.89 bits per heavy atom. The molecule has 2 unspecified atom stereocenters. The number of nitrogens with zero attached hydrogens (tertiary/aromatic N) is 3. The fourth-order valence-corrected chi connectivity index (χ4v) is 2.54. The van der Waals surface area contributed by atoms with E-state index in [0.29, 0.717) is 0 Å². The molecule has 0 aliphatic carbocycles. The minimum absolute atomic E-state index is 0.0306. The quantitative estimate of drug-likeness (QED) is 0.323. The van der Waals surface area contributed by atoms with Crippen molar-refractivity contribution in [3.05, 3.63) is 82.2 Å². The van der Waals surface area contributed by atoms with Gasteiger partial charge in [-0.25, -0.2) is 0 Å². The van der Waals surface area contributed by atoms with Gasteiger partial charge in [0.25, 0.3) is 0 Å². The Hall–Kier alpha value is -1.77. The van der Waals surface area contributed by atoms with E-state index >= 15 is 0 Å². The summed E-state index contributed by atoms with van der Waals surface area (Å²) in [6.45, 7) is 0. The molecule has 0 heterocycles. The molecule has 0 saturated carbocycles. The molecule has 0 fully saturated rings. The molecule has 2 aromatic rings. The molecule has 3 nitrogen and oxygen atoms in total. The van der Waals surface area contributed by atoms with Gasteiger partial charge in [0.2, 0.25) is 0 Å². The molecular formula is C14H12BrN3. The molecule has 2 rings (SSSR count). The average molecular weight is 302 g/mol. The standard InChI is InChI=1S/C14H12BrN3/c15-13(11-7-3-1-4-8-11)14(17-18-16)12-9-5-2-6-10-12/h1-10,13-14H. The van der Waals surface area contributed by atoms with Crippen LogP contribution in [-0.2, 0) is 0 Å². The van der Waals surface area contributed by atoms with E-state index in [1.54, 1.807) is 0 Å². The van der Waals surface area contributed by atoms with Gasteiger partial charge in [-0.2, -0.15) is 0 Å². The molecule has 2 aromatic carbocycles. The van der Waals surface area contributed by atoms with Gasteiger partial charge >= 0.3 is 0 Å². The highest BCUT2D eigenvalue weighted by atomic mass is 79.9. The van der Waals surface area contributed by atoms with Gasteiger partial charge in [0.1, 0.15) is 0 Å². The van der Waals surface area contributed by atoms with Crippen LogP contribution < -0.4 is 0 Å². The number of hydrogen-bond acceptors (Lipinski definition) is 1. The minimum Gasteiger partial charge on any atom is -0.0844 e. The number of benzene rings is 2. The maximum atomic E-state index is 8.73. The first kappa shape index (κ1) is 12.7. The highest BCUT2D eigenvalue weighted by molar-refractivity contribution is 9.09. The summed E-state index contributed by atoms with van der Waals surface area (Å²) in [5.74, 6) is 0. The zero-order valence-electron chi connectivity index (χ0n) is 9.65. The van der Waals surface area contributed by atoms with E-state index in [1.807, 2.05) is 60.7 Å². The van der Waals surface area contributed by atoms with Crippen LogP contribution in [0.4, 0.5) is 0 Å². The summed E-state index contributed by atoms with van der Waals surface area (Å²) in [7, 11) is 0. The molecule has 0 amide bonds. The fourth-order valence-electron chi connectivity index (χ4n) is 1.82. The second kappa shape index (κ2) is 6.24. The Labute approximate surface area is 114 Å². The van der Waals surface area contributed by atoms with Crippen molar-refractivity contribution in [2.75, 3.05) is 0 Å². The summed E-state index contributed by atoms with van der Waals surface area (Å²) in [4.78, 5) is 2.92. The van der Waals surface area contributed by atoms with E-state index in [-0.39, 0.29) is 10.9 Å². The molecule has 0 aliphatic heterocycles. The molecule has 0 radical (unpaired) electrons. The van der Waals surface area contributed by atoms with Crippen molar-refractivity contribution in [2.45, 2.75) is 10.9 Å². The zero-order valence-corrected chi connectivity index (χ0v) is 11.2. The number of azide groups is 1. The lowest BCUT2D eigenvalue weighted by molar-refractivity contribution is 0.709. The lowest BCUT2D eigenvalue weighted by Gasteiger charge is -2.18. The predicted molar refractivity (Wildman–Crippen MR) is 76.4 cm³/mol. The van der Waals surface area contributed by atoms with E-state index in [4.69, 9.17) is 5.53 Å². The molecule has 0 N–H and O–H groups in total. The van der Waals surface area contributed by atoms with Crippen molar-refractivity contribution in [1.29, 1.82) is 0 Å². The van der Waals surface area contributed by atoms with Gasteiger partial charge in [-0.05, 0) is 16.7 Å². The topological polar surface area (TPSA) is 48.8 Å². The van der Waals surface area contributed by atoms with E-state index < -0.39 is 0 Å². The van der Waals surface area contributed by atoms with Gasteiger partial charge in [-0.1, -0.05) is 81.7 Å². The van der Waals surface area contributed by atoms with Crippen LogP contribution >= 0.6 is 15.9 Å². The Bertz CT molecular complexity index is 535. The van der Waals surface area contributed by atoms with Crippen molar-refractivity contribution in [1.82, 2.24) is 0 Å². The molecule has 0 bridgehead atoms. The number of alkyl halides is 1. The van der Waals surface area contributed by atoms with Crippen molar-refractivity contribution in [2.24, 2.45) is 5.11 Å². The second-order valence-corrected chi connectivity index (χ2v) is 4.86. The first-order chi connectivity index (χ1) is 8.83. The monoisotopic (exact) mass is 301 g/mol. The van der Waals surface area contributed by atoms with Gasteiger partial charge in [-0.15, -0.1) is 0 Å². The Kier molecular flexibility index (Phi) is 4.40. The summed E-state index contributed by atoms with van der Waals surface area (Å²) < 4.78 is 0. The second-order valence-electron chi connectivity index (χ2n) is 3.87. The van der Waals surface area contributed by atoms with Crippen LogP contribution in [0.3, 0.4) is 0 Å². The molecule has 0 aromatic heterocycles. The van der Waals surface area contributed by atoms with Crippen LogP contribution in [-0.4, -0.2) is 0 Å².